The molecule has 1 aliphatic rings. The Morgan fingerprint density at radius 1 is 1.25 bits per heavy atom. The summed E-state index contributed by atoms with van der Waals surface area (Å²) < 4.78 is 10.7. The lowest BCUT2D eigenvalue weighted by Gasteiger charge is -2.18. The normalized spacial score (nSPS) is 14.8. The van der Waals surface area contributed by atoms with Crippen molar-refractivity contribution in [3.63, 3.8) is 0 Å². The van der Waals surface area contributed by atoms with E-state index in [0.29, 0.717) is 12.5 Å². The van der Waals surface area contributed by atoms with Crippen LogP contribution in [0.5, 0.6) is 0 Å². The molecule has 0 amide bonds. The first-order valence-corrected chi connectivity index (χ1v) is 5.12. The molecule has 0 aliphatic carbocycles. The molecule has 2 N–H and O–H groups in total. The lowest BCUT2D eigenvalue weighted by Crippen LogP contribution is -2.10. The highest BCUT2D eigenvalue weighted by Gasteiger charge is 2.17. The van der Waals surface area contributed by atoms with E-state index in [1.54, 1.807) is 0 Å². The van der Waals surface area contributed by atoms with Crippen molar-refractivity contribution in [3.8, 4) is 11.5 Å². The number of fused-ring (bicyclic) bond motifs is 1. The maximum Gasteiger partial charge on any atom is 0.313 e. The second-order valence-corrected chi connectivity index (χ2v) is 3.69. The Labute approximate surface area is 92.2 Å². The number of aromatic nitrogens is 2. The largest absolute Gasteiger partial charge is 0.404 e. The molecule has 0 saturated carbocycles. The van der Waals surface area contributed by atoms with E-state index in [4.69, 9.17) is 14.9 Å². The summed E-state index contributed by atoms with van der Waals surface area (Å²) in [6, 6.07) is 6.08. The van der Waals surface area contributed by atoms with E-state index in [-0.39, 0.29) is 6.01 Å². The minimum Gasteiger partial charge on any atom is -0.404 e. The van der Waals surface area contributed by atoms with Crippen molar-refractivity contribution in [2.45, 2.75) is 13.0 Å². The van der Waals surface area contributed by atoms with Gasteiger partial charge in [0, 0.05) is 5.56 Å². The number of nitrogen functional groups attached to an aromatic ring is 1. The van der Waals surface area contributed by atoms with Gasteiger partial charge in [-0.05, 0) is 23.6 Å². The van der Waals surface area contributed by atoms with Gasteiger partial charge in [-0.25, -0.2) is 0 Å². The van der Waals surface area contributed by atoms with Gasteiger partial charge in [-0.2, -0.15) is 0 Å². The second kappa shape index (κ2) is 3.61. The first-order chi connectivity index (χ1) is 7.84. The van der Waals surface area contributed by atoms with Crippen molar-refractivity contribution < 1.29 is 9.15 Å². The molecule has 1 aliphatic heterocycles. The highest BCUT2D eigenvalue weighted by molar-refractivity contribution is 5.61. The first-order valence-electron chi connectivity index (χ1n) is 5.12. The van der Waals surface area contributed by atoms with E-state index >= 15 is 0 Å². The molecule has 0 spiro atoms. The molecule has 0 bridgehead atoms. The summed E-state index contributed by atoms with van der Waals surface area (Å²) in [5.41, 5.74) is 8.79. The van der Waals surface area contributed by atoms with Crippen molar-refractivity contribution in [3.05, 3.63) is 29.3 Å². The zero-order valence-corrected chi connectivity index (χ0v) is 8.64. The van der Waals surface area contributed by atoms with E-state index in [1.807, 2.05) is 12.1 Å². The minimum absolute atomic E-state index is 0.0969. The zero-order chi connectivity index (χ0) is 11.0. The lowest BCUT2D eigenvalue weighted by atomic mass is 9.97. The van der Waals surface area contributed by atoms with Crippen molar-refractivity contribution in [2.24, 2.45) is 0 Å². The predicted octanol–water partition coefficient (Wildman–Crippen LogP) is 1.39. The first kappa shape index (κ1) is 9.35. The minimum atomic E-state index is 0.0969. The van der Waals surface area contributed by atoms with Crippen LogP contribution in [0.1, 0.15) is 11.1 Å². The third-order valence-electron chi connectivity index (χ3n) is 2.70. The van der Waals surface area contributed by atoms with Crippen LogP contribution >= 0.6 is 0 Å². The zero-order valence-electron chi connectivity index (χ0n) is 8.64. The number of nitrogens with two attached hydrogens (primary N) is 1. The predicted molar refractivity (Wildman–Crippen MR) is 57.5 cm³/mol. The highest BCUT2D eigenvalue weighted by atomic mass is 16.5. The molecule has 0 unspecified atom stereocenters. The Morgan fingerprint density at radius 2 is 2.19 bits per heavy atom. The van der Waals surface area contributed by atoms with Crippen LogP contribution in [0, 0.1) is 0 Å². The molecule has 0 radical (unpaired) electrons. The van der Waals surface area contributed by atoms with Gasteiger partial charge in [0.1, 0.15) is 0 Å². The molecule has 1 aromatic carbocycles. The second-order valence-electron chi connectivity index (χ2n) is 3.69. The quantitative estimate of drug-likeness (QED) is 0.781. The molecule has 0 atom stereocenters. The number of anilines is 1. The maximum atomic E-state index is 5.43. The molecule has 16 heavy (non-hydrogen) atoms. The van der Waals surface area contributed by atoms with Crippen LogP contribution in [-0.4, -0.2) is 16.8 Å². The van der Waals surface area contributed by atoms with Gasteiger partial charge in [-0.3, -0.25) is 0 Å². The molecular weight excluding hydrogens is 206 g/mol. The smallest absolute Gasteiger partial charge is 0.313 e. The van der Waals surface area contributed by atoms with Crippen molar-refractivity contribution in [1.29, 1.82) is 0 Å². The molecule has 3 rings (SSSR count). The standard InChI is InChI=1S/C11H11N3O2/c12-11-14-13-10(16-11)9-3-1-2-7-6-15-5-4-8(7)9/h1-3H,4-6H2,(H2,12,14). The summed E-state index contributed by atoms with van der Waals surface area (Å²) in [4.78, 5) is 0. The average molecular weight is 217 g/mol. The van der Waals surface area contributed by atoms with E-state index in [9.17, 15) is 0 Å². The Bertz CT molecular complexity index is 522. The summed E-state index contributed by atoms with van der Waals surface area (Å²) in [6.45, 7) is 1.38. The third kappa shape index (κ3) is 1.45. The summed E-state index contributed by atoms with van der Waals surface area (Å²) in [5, 5.41) is 7.58. The van der Waals surface area contributed by atoms with Crippen molar-refractivity contribution in [1.82, 2.24) is 10.2 Å². The number of ether oxygens (including phenoxy) is 1. The average Bonchev–Trinajstić information content (AvgIpc) is 2.75. The van der Waals surface area contributed by atoms with Crippen LogP contribution < -0.4 is 5.73 Å². The summed E-state index contributed by atoms with van der Waals surface area (Å²) in [6.07, 6.45) is 0.869. The Hall–Kier alpha value is -1.88. The van der Waals surface area contributed by atoms with Gasteiger partial charge < -0.3 is 14.9 Å². The fourth-order valence-corrected chi connectivity index (χ4v) is 1.97. The fourth-order valence-electron chi connectivity index (χ4n) is 1.97. The Balaban J connectivity index is 2.13. The van der Waals surface area contributed by atoms with Crippen molar-refractivity contribution in [2.75, 3.05) is 12.3 Å². The molecule has 2 heterocycles. The van der Waals surface area contributed by atoms with E-state index in [1.165, 1.54) is 11.1 Å². The number of nitrogens with zero attached hydrogens (tertiary/aromatic N) is 2. The molecular formula is C11H11N3O2. The number of benzene rings is 1. The molecule has 5 nitrogen and oxygen atoms in total. The molecule has 2 aromatic rings. The van der Waals surface area contributed by atoms with Gasteiger partial charge >= 0.3 is 6.01 Å². The SMILES string of the molecule is Nc1nnc(-c2cccc3c2CCOC3)o1. The Morgan fingerprint density at radius 3 is 3.00 bits per heavy atom. The number of hydrogen-bond acceptors (Lipinski definition) is 5. The highest BCUT2D eigenvalue weighted by Crippen LogP contribution is 2.28. The van der Waals surface area contributed by atoms with Crippen molar-refractivity contribution >= 4 is 6.01 Å². The third-order valence-corrected chi connectivity index (χ3v) is 2.70. The molecule has 5 heteroatoms. The number of hydrogen-bond donors (Lipinski definition) is 1. The van der Waals surface area contributed by atoms with Gasteiger partial charge in [-0.1, -0.05) is 17.2 Å². The maximum absolute atomic E-state index is 5.43. The van der Waals surface area contributed by atoms with Crippen LogP contribution in [0.15, 0.2) is 22.6 Å². The molecule has 82 valence electrons. The summed E-state index contributed by atoms with van der Waals surface area (Å²) in [7, 11) is 0. The van der Waals surface area contributed by atoms with E-state index < -0.39 is 0 Å². The fraction of sp³-hybridized carbons (Fsp3) is 0.273. The van der Waals surface area contributed by atoms with Gasteiger partial charge in [0.05, 0.1) is 13.2 Å². The van der Waals surface area contributed by atoms with E-state index in [2.05, 4.69) is 16.3 Å². The lowest BCUT2D eigenvalue weighted by molar-refractivity contribution is 0.111. The van der Waals surface area contributed by atoms with Crippen LogP contribution in [0.2, 0.25) is 0 Å². The van der Waals surface area contributed by atoms with Gasteiger partial charge in [0.25, 0.3) is 0 Å². The summed E-state index contributed by atoms with van der Waals surface area (Å²) >= 11 is 0. The van der Waals surface area contributed by atoms with Gasteiger partial charge in [0.15, 0.2) is 0 Å². The number of rotatable bonds is 1. The van der Waals surface area contributed by atoms with Gasteiger partial charge in [0.2, 0.25) is 5.89 Å². The van der Waals surface area contributed by atoms with Crippen LogP contribution in [0.4, 0.5) is 6.01 Å². The summed E-state index contributed by atoms with van der Waals surface area (Å²) in [5.74, 6) is 0.483. The monoisotopic (exact) mass is 217 g/mol. The van der Waals surface area contributed by atoms with Crippen LogP contribution in [0.3, 0.4) is 0 Å². The Kier molecular flexibility index (Phi) is 2.11. The van der Waals surface area contributed by atoms with E-state index in [0.717, 1.165) is 18.6 Å². The van der Waals surface area contributed by atoms with Crippen LogP contribution in [0.25, 0.3) is 11.5 Å². The van der Waals surface area contributed by atoms with Gasteiger partial charge in [-0.15, -0.1) is 5.10 Å². The molecule has 0 saturated heterocycles. The molecule has 0 fully saturated rings. The van der Waals surface area contributed by atoms with Crippen LogP contribution in [-0.2, 0) is 17.8 Å². The molecule has 1 aromatic heterocycles. The topological polar surface area (TPSA) is 74.2 Å².